The van der Waals surface area contributed by atoms with Gasteiger partial charge in [0.2, 0.25) is 15.9 Å². The number of piperazine rings is 1. The lowest BCUT2D eigenvalue weighted by molar-refractivity contribution is 0.349. The molecule has 2 heterocycles. The van der Waals surface area contributed by atoms with Crippen molar-refractivity contribution in [2.24, 2.45) is 0 Å². The van der Waals surface area contributed by atoms with Crippen molar-refractivity contribution in [2.75, 3.05) is 45.3 Å². The van der Waals surface area contributed by atoms with Crippen LogP contribution in [-0.2, 0) is 10.0 Å². The minimum Gasteiger partial charge on any atom is -0.481 e. The Hall–Kier alpha value is -2.10. The van der Waals surface area contributed by atoms with Gasteiger partial charge in [-0.25, -0.2) is 8.42 Å². The molecule has 0 unspecified atom stereocenters. The molecular formula is C16H19ClN4O4S. The molecule has 8 nitrogen and oxygen atoms in total. The number of ether oxygens (including phenoxy) is 2. The minimum absolute atomic E-state index is 0.204. The molecule has 140 valence electrons. The van der Waals surface area contributed by atoms with E-state index < -0.39 is 10.0 Å². The Balaban J connectivity index is 1.74. The van der Waals surface area contributed by atoms with Crippen LogP contribution in [0.5, 0.6) is 11.9 Å². The molecule has 0 bridgehead atoms. The van der Waals surface area contributed by atoms with E-state index in [0.29, 0.717) is 42.9 Å². The topological polar surface area (TPSA) is 84.9 Å². The summed E-state index contributed by atoms with van der Waals surface area (Å²) in [4.78, 5) is 10.6. The second-order valence-corrected chi connectivity index (χ2v) is 7.97. The van der Waals surface area contributed by atoms with Gasteiger partial charge in [0.25, 0.3) is 0 Å². The number of hydrogen-bond acceptors (Lipinski definition) is 7. The van der Waals surface area contributed by atoms with E-state index >= 15 is 0 Å². The van der Waals surface area contributed by atoms with E-state index in [1.807, 2.05) is 4.90 Å². The molecule has 1 aliphatic heterocycles. The molecule has 1 aromatic carbocycles. The first kappa shape index (κ1) is 18.7. The summed E-state index contributed by atoms with van der Waals surface area (Å²) in [7, 11) is -0.547. The van der Waals surface area contributed by atoms with Gasteiger partial charge in [-0.05, 0) is 24.3 Å². The number of aromatic nitrogens is 2. The van der Waals surface area contributed by atoms with Gasteiger partial charge >= 0.3 is 6.01 Å². The number of nitrogens with zero attached hydrogens (tertiary/aromatic N) is 4. The molecule has 1 saturated heterocycles. The first-order valence-electron chi connectivity index (χ1n) is 7.92. The van der Waals surface area contributed by atoms with Gasteiger partial charge in [-0.3, -0.25) is 0 Å². The second-order valence-electron chi connectivity index (χ2n) is 5.60. The van der Waals surface area contributed by atoms with E-state index in [-0.39, 0.29) is 10.9 Å². The molecule has 0 atom stereocenters. The highest BCUT2D eigenvalue weighted by Gasteiger charge is 2.29. The summed E-state index contributed by atoms with van der Waals surface area (Å²) in [5.41, 5.74) is 0. The summed E-state index contributed by atoms with van der Waals surface area (Å²) in [5.74, 6) is 1.03. The highest BCUT2D eigenvalue weighted by molar-refractivity contribution is 7.89. The average molecular weight is 399 g/mol. The molecule has 1 fully saturated rings. The summed E-state index contributed by atoms with van der Waals surface area (Å²) >= 11 is 5.84. The Morgan fingerprint density at radius 1 is 1.00 bits per heavy atom. The fourth-order valence-electron chi connectivity index (χ4n) is 2.66. The van der Waals surface area contributed by atoms with Gasteiger partial charge < -0.3 is 14.4 Å². The zero-order chi connectivity index (χ0) is 18.7. The van der Waals surface area contributed by atoms with Crippen LogP contribution in [0.25, 0.3) is 0 Å². The van der Waals surface area contributed by atoms with Crippen LogP contribution in [-0.4, -0.2) is 63.1 Å². The first-order chi connectivity index (χ1) is 12.4. The van der Waals surface area contributed by atoms with E-state index in [1.54, 1.807) is 18.2 Å². The van der Waals surface area contributed by atoms with E-state index in [1.165, 1.54) is 30.7 Å². The third-order valence-corrected chi connectivity index (χ3v) is 6.24. The molecule has 1 aliphatic rings. The third kappa shape index (κ3) is 3.84. The summed E-state index contributed by atoms with van der Waals surface area (Å²) in [6.45, 7) is 1.69. The van der Waals surface area contributed by atoms with Gasteiger partial charge in [0, 0.05) is 37.3 Å². The molecule has 3 rings (SSSR count). The van der Waals surface area contributed by atoms with Crippen LogP contribution < -0.4 is 14.4 Å². The van der Waals surface area contributed by atoms with Crippen LogP contribution in [0.3, 0.4) is 0 Å². The number of methoxy groups -OCH3 is 2. The Bertz CT molecular complexity index is 846. The molecule has 10 heteroatoms. The fourth-order valence-corrected chi connectivity index (χ4v) is 4.21. The van der Waals surface area contributed by atoms with Gasteiger partial charge in [0.15, 0.2) is 0 Å². The fraction of sp³-hybridized carbons (Fsp3) is 0.375. The molecule has 0 spiro atoms. The van der Waals surface area contributed by atoms with Crippen molar-refractivity contribution in [3.05, 3.63) is 35.4 Å². The maximum absolute atomic E-state index is 12.7. The third-order valence-electron chi connectivity index (χ3n) is 4.07. The zero-order valence-corrected chi connectivity index (χ0v) is 16.0. The van der Waals surface area contributed by atoms with E-state index in [2.05, 4.69) is 9.97 Å². The maximum atomic E-state index is 12.7. The predicted molar refractivity (Wildman–Crippen MR) is 97.6 cm³/mol. The maximum Gasteiger partial charge on any atom is 0.321 e. The summed E-state index contributed by atoms with van der Waals surface area (Å²) in [6, 6.07) is 8.09. The lowest BCUT2D eigenvalue weighted by atomic mass is 10.3. The van der Waals surface area contributed by atoms with E-state index in [4.69, 9.17) is 21.1 Å². The number of hydrogen-bond donors (Lipinski definition) is 0. The van der Waals surface area contributed by atoms with Gasteiger partial charge in [0.05, 0.1) is 19.1 Å². The van der Waals surface area contributed by atoms with Crippen LogP contribution in [0, 0.1) is 0 Å². The average Bonchev–Trinajstić information content (AvgIpc) is 2.68. The number of anilines is 1. The monoisotopic (exact) mass is 398 g/mol. The quantitative estimate of drug-likeness (QED) is 0.757. The molecule has 0 aliphatic carbocycles. The first-order valence-corrected chi connectivity index (χ1v) is 9.73. The highest BCUT2D eigenvalue weighted by atomic mass is 35.5. The highest BCUT2D eigenvalue weighted by Crippen LogP contribution is 2.24. The van der Waals surface area contributed by atoms with Crippen molar-refractivity contribution in [3.8, 4) is 11.9 Å². The number of benzene rings is 1. The standard InChI is InChI=1S/C16H19ClN4O4S/c1-24-15-11-14(18-16(19-15)25-2)20-7-9-21(10-8-20)26(22,23)13-5-3-12(17)4-6-13/h3-6,11H,7-10H2,1-2H3. The van der Waals surface area contributed by atoms with Crippen LogP contribution >= 0.6 is 11.6 Å². The molecular weight excluding hydrogens is 380 g/mol. The van der Waals surface area contributed by atoms with Crippen LogP contribution in [0.15, 0.2) is 35.2 Å². The predicted octanol–water partition coefficient (Wildman–Crippen LogP) is 1.66. The number of rotatable bonds is 5. The largest absolute Gasteiger partial charge is 0.481 e. The van der Waals surface area contributed by atoms with E-state index in [9.17, 15) is 8.42 Å². The van der Waals surface area contributed by atoms with Crippen molar-refractivity contribution in [1.29, 1.82) is 0 Å². The summed E-state index contributed by atoms with van der Waals surface area (Å²) in [5, 5.41) is 0.500. The minimum atomic E-state index is -3.54. The Labute approximate surface area is 157 Å². The Morgan fingerprint density at radius 2 is 1.65 bits per heavy atom. The summed E-state index contributed by atoms with van der Waals surface area (Å²) < 4.78 is 37.2. The number of halogens is 1. The lowest BCUT2D eigenvalue weighted by Crippen LogP contribution is -2.48. The normalized spacial score (nSPS) is 15.7. The molecule has 2 aromatic rings. The smallest absolute Gasteiger partial charge is 0.321 e. The van der Waals surface area contributed by atoms with Crippen LogP contribution in [0.2, 0.25) is 5.02 Å². The molecule has 26 heavy (non-hydrogen) atoms. The molecule has 0 saturated carbocycles. The van der Waals surface area contributed by atoms with Crippen molar-refractivity contribution in [3.63, 3.8) is 0 Å². The lowest BCUT2D eigenvalue weighted by Gasteiger charge is -2.34. The van der Waals surface area contributed by atoms with Crippen molar-refractivity contribution < 1.29 is 17.9 Å². The number of sulfonamides is 1. The second kappa shape index (κ2) is 7.65. The van der Waals surface area contributed by atoms with Crippen molar-refractivity contribution >= 4 is 27.4 Å². The van der Waals surface area contributed by atoms with Gasteiger partial charge in [-0.15, -0.1) is 0 Å². The van der Waals surface area contributed by atoms with Gasteiger partial charge in [-0.2, -0.15) is 14.3 Å². The van der Waals surface area contributed by atoms with Crippen molar-refractivity contribution in [1.82, 2.24) is 14.3 Å². The van der Waals surface area contributed by atoms with Crippen LogP contribution in [0.1, 0.15) is 0 Å². The van der Waals surface area contributed by atoms with Gasteiger partial charge in [-0.1, -0.05) is 11.6 Å². The van der Waals surface area contributed by atoms with Gasteiger partial charge in [0.1, 0.15) is 5.82 Å². The molecule has 1 aromatic heterocycles. The molecule has 0 radical (unpaired) electrons. The zero-order valence-electron chi connectivity index (χ0n) is 14.4. The van der Waals surface area contributed by atoms with Crippen molar-refractivity contribution in [2.45, 2.75) is 4.90 Å². The Kier molecular flexibility index (Phi) is 5.49. The molecule has 0 amide bonds. The Morgan fingerprint density at radius 3 is 2.23 bits per heavy atom. The SMILES string of the molecule is COc1cc(N2CCN(S(=O)(=O)c3ccc(Cl)cc3)CC2)nc(OC)n1. The summed E-state index contributed by atoms with van der Waals surface area (Å²) in [6.07, 6.45) is 0. The molecule has 0 N–H and O–H groups in total. The van der Waals surface area contributed by atoms with Crippen LogP contribution in [0.4, 0.5) is 5.82 Å². The van der Waals surface area contributed by atoms with E-state index in [0.717, 1.165) is 0 Å².